The Balaban J connectivity index is 0.00000162. The van der Waals surface area contributed by atoms with E-state index in [2.05, 4.69) is 10.6 Å². The zero-order valence-electron chi connectivity index (χ0n) is 10.1. The number of benzene rings is 1. The molecule has 2 rings (SSSR count). The third-order valence-electron chi connectivity index (χ3n) is 2.97. The lowest BCUT2D eigenvalue weighted by Gasteiger charge is -2.23. The van der Waals surface area contributed by atoms with Crippen molar-refractivity contribution >= 4 is 29.9 Å². The first kappa shape index (κ1) is 15.3. The molecule has 1 amide bonds. The number of piperidine rings is 1. The second kappa shape index (κ2) is 7.62. The van der Waals surface area contributed by atoms with E-state index < -0.39 is 0 Å². The van der Waals surface area contributed by atoms with E-state index in [0.717, 1.165) is 31.5 Å². The van der Waals surface area contributed by atoms with Crippen molar-refractivity contribution in [3.63, 3.8) is 0 Å². The normalized spacial score (nSPS) is 18.8. The molecule has 18 heavy (non-hydrogen) atoms. The first-order chi connectivity index (χ1) is 8.25. The zero-order chi connectivity index (χ0) is 12.1. The molecular formula is C13H18Cl2N2O. The van der Waals surface area contributed by atoms with E-state index in [9.17, 15) is 4.79 Å². The summed E-state index contributed by atoms with van der Waals surface area (Å²) in [6.45, 7) is 1.92. The highest BCUT2D eigenvalue weighted by molar-refractivity contribution is 6.31. The maximum absolute atomic E-state index is 11.8. The lowest BCUT2D eigenvalue weighted by Crippen LogP contribution is -2.46. The maximum atomic E-state index is 11.8. The van der Waals surface area contributed by atoms with Crippen LogP contribution >= 0.6 is 24.0 Å². The number of carbonyl (C=O) groups excluding carboxylic acids is 1. The van der Waals surface area contributed by atoms with Crippen LogP contribution < -0.4 is 10.6 Å². The predicted molar refractivity (Wildman–Crippen MR) is 76.4 cm³/mol. The van der Waals surface area contributed by atoms with Gasteiger partial charge < -0.3 is 10.6 Å². The van der Waals surface area contributed by atoms with Crippen molar-refractivity contribution in [3.8, 4) is 0 Å². The minimum absolute atomic E-state index is 0. The molecule has 1 aromatic rings. The summed E-state index contributed by atoms with van der Waals surface area (Å²) in [7, 11) is 0. The highest BCUT2D eigenvalue weighted by atomic mass is 35.5. The molecule has 2 N–H and O–H groups in total. The van der Waals surface area contributed by atoms with Crippen molar-refractivity contribution in [2.75, 3.05) is 13.1 Å². The summed E-state index contributed by atoms with van der Waals surface area (Å²) in [6.07, 6.45) is 2.54. The van der Waals surface area contributed by atoms with Crippen LogP contribution in [0.2, 0.25) is 5.02 Å². The van der Waals surface area contributed by atoms with Crippen molar-refractivity contribution in [1.82, 2.24) is 10.6 Å². The molecule has 1 aromatic carbocycles. The van der Waals surface area contributed by atoms with Crippen molar-refractivity contribution in [2.45, 2.75) is 25.3 Å². The summed E-state index contributed by atoms with van der Waals surface area (Å²) < 4.78 is 0. The van der Waals surface area contributed by atoms with Gasteiger partial charge in [0.25, 0.3) is 0 Å². The lowest BCUT2D eigenvalue weighted by atomic mass is 10.1. The van der Waals surface area contributed by atoms with Crippen LogP contribution in [-0.2, 0) is 11.2 Å². The Labute approximate surface area is 119 Å². The molecule has 0 unspecified atom stereocenters. The Kier molecular flexibility index (Phi) is 6.47. The van der Waals surface area contributed by atoms with Crippen LogP contribution in [0.1, 0.15) is 18.4 Å². The first-order valence-electron chi connectivity index (χ1n) is 5.99. The summed E-state index contributed by atoms with van der Waals surface area (Å²) in [6, 6.07) is 7.73. The molecular weight excluding hydrogens is 271 g/mol. The largest absolute Gasteiger partial charge is 0.352 e. The molecule has 0 spiro atoms. The molecule has 0 aliphatic carbocycles. The fourth-order valence-electron chi connectivity index (χ4n) is 2.07. The number of hydrogen-bond acceptors (Lipinski definition) is 2. The van der Waals surface area contributed by atoms with E-state index in [0.29, 0.717) is 11.4 Å². The topological polar surface area (TPSA) is 41.1 Å². The number of carbonyl (C=O) groups is 1. The Morgan fingerprint density at radius 1 is 1.44 bits per heavy atom. The maximum Gasteiger partial charge on any atom is 0.224 e. The third kappa shape index (κ3) is 4.48. The van der Waals surface area contributed by atoms with Crippen LogP contribution in [-0.4, -0.2) is 25.0 Å². The van der Waals surface area contributed by atoms with Gasteiger partial charge in [-0.15, -0.1) is 12.4 Å². The summed E-state index contributed by atoms with van der Waals surface area (Å²) in [4.78, 5) is 11.8. The number of rotatable bonds is 3. The predicted octanol–water partition coefficient (Wildman–Crippen LogP) is 2.17. The van der Waals surface area contributed by atoms with Gasteiger partial charge in [-0.05, 0) is 31.0 Å². The summed E-state index contributed by atoms with van der Waals surface area (Å²) in [5.74, 6) is 0.0480. The Morgan fingerprint density at radius 3 is 2.89 bits per heavy atom. The average molecular weight is 289 g/mol. The van der Waals surface area contributed by atoms with Gasteiger partial charge in [0.15, 0.2) is 0 Å². The molecule has 5 heteroatoms. The minimum atomic E-state index is 0. The third-order valence-corrected chi connectivity index (χ3v) is 3.34. The summed E-state index contributed by atoms with van der Waals surface area (Å²) >= 11 is 6.02. The van der Waals surface area contributed by atoms with Crippen LogP contribution in [0.4, 0.5) is 0 Å². The Bertz CT molecular complexity index is 392. The van der Waals surface area contributed by atoms with E-state index in [4.69, 9.17) is 11.6 Å². The van der Waals surface area contributed by atoms with Crippen molar-refractivity contribution in [2.24, 2.45) is 0 Å². The van der Waals surface area contributed by atoms with Gasteiger partial charge in [-0.3, -0.25) is 4.79 Å². The van der Waals surface area contributed by atoms with Crippen LogP contribution in [0.25, 0.3) is 0 Å². The van der Waals surface area contributed by atoms with E-state index in [1.807, 2.05) is 24.3 Å². The molecule has 0 radical (unpaired) electrons. The smallest absolute Gasteiger partial charge is 0.224 e. The molecule has 0 bridgehead atoms. The van der Waals surface area contributed by atoms with Gasteiger partial charge in [0, 0.05) is 17.6 Å². The molecule has 1 saturated heterocycles. The Morgan fingerprint density at radius 2 is 2.22 bits per heavy atom. The lowest BCUT2D eigenvalue weighted by molar-refractivity contribution is -0.121. The van der Waals surface area contributed by atoms with Gasteiger partial charge in [-0.1, -0.05) is 29.8 Å². The van der Waals surface area contributed by atoms with Crippen molar-refractivity contribution in [1.29, 1.82) is 0 Å². The molecule has 1 aliphatic rings. The van der Waals surface area contributed by atoms with Crippen LogP contribution in [0.15, 0.2) is 24.3 Å². The minimum Gasteiger partial charge on any atom is -0.352 e. The van der Waals surface area contributed by atoms with Crippen LogP contribution in [0, 0.1) is 0 Å². The van der Waals surface area contributed by atoms with E-state index in [-0.39, 0.29) is 24.4 Å². The van der Waals surface area contributed by atoms with Crippen molar-refractivity contribution in [3.05, 3.63) is 34.9 Å². The SMILES string of the molecule is Cl.O=C(Cc1ccccc1Cl)N[C@@H]1CCCNC1. The average Bonchev–Trinajstić information content (AvgIpc) is 2.33. The van der Waals surface area contributed by atoms with Gasteiger partial charge in [0.1, 0.15) is 0 Å². The number of nitrogens with one attached hydrogen (secondary N) is 2. The number of amides is 1. The molecule has 0 aromatic heterocycles. The van der Waals surface area contributed by atoms with Crippen LogP contribution in [0.3, 0.4) is 0 Å². The Hall–Kier alpha value is -0.770. The monoisotopic (exact) mass is 288 g/mol. The van der Waals surface area contributed by atoms with Gasteiger partial charge in [-0.25, -0.2) is 0 Å². The standard InChI is InChI=1S/C13H17ClN2O.ClH/c14-12-6-2-1-4-10(12)8-13(17)16-11-5-3-7-15-9-11;/h1-2,4,6,11,15H,3,5,7-9H2,(H,16,17);1H/t11-;/m1./s1. The molecule has 100 valence electrons. The fraction of sp³-hybridized carbons (Fsp3) is 0.462. The first-order valence-corrected chi connectivity index (χ1v) is 6.37. The van der Waals surface area contributed by atoms with E-state index in [1.165, 1.54) is 0 Å². The molecule has 0 saturated carbocycles. The molecule has 1 aliphatic heterocycles. The van der Waals surface area contributed by atoms with Gasteiger partial charge in [-0.2, -0.15) is 0 Å². The van der Waals surface area contributed by atoms with Crippen molar-refractivity contribution < 1.29 is 4.79 Å². The van der Waals surface area contributed by atoms with Crippen LogP contribution in [0.5, 0.6) is 0 Å². The zero-order valence-corrected chi connectivity index (χ0v) is 11.7. The molecule has 1 fully saturated rings. The molecule has 3 nitrogen and oxygen atoms in total. The van der Waals surface area contributed by atoms with Gasteiger partial charge in [0.2, 0.25) is 5.91 Å². The van der Waals surface area contributed by atoms with E-state index in [1.54, 1.807) is 0 Å². The highest BCUT2D eigenvalue weighted by Crippen LogP contribution is 2.15. The fourth-order valence-corrected chi connectivity index (χ4v) is 2.27. The summed E-state index contributed by atoms with van der Waals surface area (Å²) in [5, 5.41) is 6.97. The highest BCUT2D eigenvalue weighted by Gasteiger charge is 2.15. The summed E-state index contributed by atoms with van der Waals surface area (Å²) in [5.41, 5.74) is 0.885. The van der Waals surface area contributed by atoms with Gasteiger partial charge in [0.05, 0.1) is 6.42 Å². The van der Waals surface area contributed by atoms with Gasteiger partial charge >= 0.3 is 0 Å². The molecule has 1 heterocycles. The second-order valence-electron chi connectivity index (χ2n) is 4.38. The second-order valence-corrected chi connectivity index (χ2v) is 4.79. The number of halogens is 2. The van der Waals surface area contributed by atoms with E-state index >= 15 is 0 Å². The quantitative estimate of drug-likeness (QED) is 0.895. The molecule has 1 atom stereocenters. The number of hydrogen-bond donors (Lipinski definition) is 2.